The summed E-state index contributed by atoms with van der Waals surface area (Å²) < 4.78 is 12.4. The maximum absolute atomic E-state index is 15.5. The molecule has 0 radical (unpaired) electrons. The number of hydrazine groups is 1. The molecule has 1 spiro atoms. The molecule has 14 atom stereocenters. The number of esters is 1. The lowest BCUT2D eigenvalue weighted by Gasteiger charge is -2.64. The number of hydrogen-bond donors (Lipinski definition) is 17. The minimum Gasteiger partial charge on any atom is -0.496 e. The number of nitrogens with two attached hydrogens (primary N) is 2. The third-order valence-corrected chi connectivity index (χ3v) is 25.7. The second kappa shape index (κ2) is 34.9. The quantitative estimate of drug-likeness (QED) is 0.0134. The van der Waals surface area contributed by atoms with Crippen molar-refractivity contribution >= 4 is 120 Å². The highest BCUT2D eigenvalue weighted by atomic mass is 33.1. The maximum Gasteiger partial charge on any atom is 0.327 e. The molecule has 4 fully saturated rings. The number of nitrogens with zero attached hydrogens (tertiary/aromatic N) is 6. The predicted molar refractivity (Wildman–Crippen MR) is 421 cm³/mol. The van der Waals surface area contributed by atoms with Crippen LogP contribution >= 0.6 is 21.6 Å². The second-order valence-electron chi connectivity index (χ2n) is 30.3. The molecule has 36 nitrogen and oxygen atoms in total. The van der Waals surface area contributed by atoms with Gasteiger partial charge in [0.05, 0.1) is 68.9 Å². The van der Waals surface area contributed by atoms with Crippen molar-refractivity contribution in [2.75, 3.05) is 88.5 Å². The Bertz CT molecular complexity index is 4750. The lowest BCUT2D eigenvalue weighted by atomic mass is 9.46. The first-order valence-electron chi connectivity index (χ1n) is 37.7. The molecule has 5 aliphatic heterocycles. The van der Waals surface area contributed by atoms with E-state index in [1.807, 2.05) is 62.1 Å². The zero-order valence-electron chi connectivity index (χ0n) is 64.3. The number of aromatic amines is 2. The van der Waals surface area contributed by atoms with Crippen LogP contribution in [0.4, 0.5) is 17.3 Å². The van der Waals surface area contributed by atoms with Gasteiger partial charge in [0.1, 0.15) is 29.4 Å². The number of hydrogen-bond acceptors (Lipinski definition) is 27. The number of aliphatic hydroxyl groups is 3. The standard InChI is InChI=1S/C57H77N9O16S2.C19H22N8O3/c1-7-53(79)24-30-25-56(52(78)82-6,44-32(14-18-65(26-30)29-53)31-12-9-10-13-35(31)59-44)34-20-33-39(23-40(34)81-5)64(4)49-55(33)16-19-66-17-11-15-54(8-2,48(55)66)50(76)57(49,80)51(77)63-62-41(67)28-84-83-27-38(47(74)75)61-46(73)37(22-43(70)71)60-45(72)36(58-3)21-42(68)69;1-10(2-7-14(20)28)24-17(29)11-3-5-12(6-4-11)22-8-13-9-23-16-15(25-13)18(30)27-19(21)26-16/h9-10,12-13,20,23,30,36-38,48-50,58-59,76,79-80H,7-8,11,14-19,21-22,24-29H2,1-6H3,(H,60,72)(H,61,73)(H,62,67)(H,63,77)(H,68,69)(H,70,71)(H,74,75);3-6,9-10,22H,2,7-8H2,1H3,(H2,20,28)(H,24,29)(H3,21,23,26,27,30)/t30-,36+,37+,38+,48+,49-,50-,53+,54-,55-,56+,57+;10-/m11/s1. The van der Waals surface area contributed by atoms with Gasteiger partial charge in [-0.1, -0.05) is 53.6 Å². The Morgan fingerprint density at radius 1 is 0.816 bits per heavy atom. The number of H-pyrrole nitrogens is 2. The molecule has 12 rings (SSSR count). The van der Waals surface area contributed by atoms with Crippen molar-refractivity contribution in [1.82, 2.24) is 66.8 Å². The molecule has 6 aliphatic rings. The van der Waals surface area contributed by atoms with Crippen molar-refractivity contribution in [2.45, 2.75) is 169 Å². The van der Waals surface area contributed by atoms with Crippen LogP contribution in [0.2, 0.25) is 0 Å². The number of primary amides is 1. The summed E-state index contributed by atoms with van der Waals surface area (Å²) in [5.41, 5.74) is 14.0. The number of carboxylic acid groups (broad SMARTS) is 3. The van der Waals surface area contributed by atoms with E-state index < -0.39 is 141 Å². The number of aliphatic carboxylic acids is 3. The molecular formula is C76H99N17O19S2. The highest BCUT2D eigenvalue weighted by Crippen LogP contribution is 2.68. The van der Waals surface area contributed by atoms with E-state index in [2.05, 4.69) is 72.2 Å². The highest BCUT2D eigenvalue weighted by molar-refractivity contribution is 8.76. The van der Waals surface area contributed by atoms with Crippen molar-refractivity contribution in [2.24, 2.45) is 17.1 Å². The summed E-state index contributed by atoms with van der Waals surface area (Å²) >= 11 is 0. The van der Waals surface area contributed by atoms with E-state index >= 15 is 9.59 Å². The number of amides is 6. The summed E-state index contributed by atoms with van der Waals surface area (Å²) in [6.07, 6.45) is 2.56. The number of nitrogen functional groups attached to an aromatic ring is 1. The first kappa shape index (κ1) is 84.7. The monoisotopic (exact) mass is 1620 g/mol. The van der Waals surface area contributed by atoms with Gasteiger partial charge in [-0.2, -0.15) is 4.98 Å². The average Bonchev–Trinajstić information content (AvgIpc) is 1.47. The lowest BCUT2D eigenvalue weighted by Crippen LogP contribution is -2.82. The molecule has 19 N–H and O–H groups in total. The van der Waals surface area contributed by atoms with Crippen LogP contribution in [-0.2, 0) is 71.7 Å². The fourth-order valence-electron chi connectivity index (χ4n) is 18.3. The molecule has 2 bridgehead atoms. The number of benzene rings is 3. The lowest BCUT2D eigenvalue weighted by molar-refractivity contribution is -0.222. The van der Waals surface area contributed by atoms with Gasteiger partial charge >= 0.3 is 23.9 Å². The van der Waals surface area contributed by atoms with E-state index in [-0.39, 0.29) is 53.6 Å². The van der Waals surface area contributed by atoms with Crippen LogP contribution < -0.4 is 64.1 Å². The van der Waals surface area contributed by atoms with Gasteiger partial charge in [0, 0.05) is 107 Å². The van der Waals surface area contributed by atoms with Gasteiger partial charge in [-0.05, 0) is 138 Å². The van der Waals surface area contributed by atoms with E-state index in [1.165, 1.54) is 27.5 Å². The molecule has 3 aromatic heterocycles. The Kier molecular flexibility index (Phi) is 25.9. The highest BCUT2D eigenvalue weighted by Gasteiger charge is 2.79. The molecule has 6 amide bonds. The van der Waals surface area contributed by atoms with E-state index in [0.717, 1.165) is 49.3 Å². The molecule has 3 saturated heterocycles. The number of nitrogens with one attached hydrogen (secondary N) is 9. The summed E-state index contributed by atoms with van der Waals surface area (Å²) in [5.74, 6) is -10.2. The number of para-hydroxylation sites is 1. The number of carboxylic acids is 3. The van der Waals surface area contributed by atoms with Crippen LogP contribution in [0.1, 0.15) is 130 Å². The molecule has 3 aromatic carbocycles. The number of carbonyl (C=O) groups excluding carboxylic acids is 7. The van der Waals surface area contributed by atoms with E-state index in [1.54, 1.807) is 31.3 Å². The molecule has 1 saturated carbocycles. The van der Waals surface area contributed by atoms with Crippen LogP contribution in [0.15, 0.2) is 71.7 Å². The van der Waals surface area contributed by atoms with Crippen LogP contribution in [0.25, 0.3) is 22.1 Å². The van der Waals surface area contributed by atoms with Crippen molar-refractivity contribution in [3.63, 3.8) is 0 Å². The van der Waals surface area contributed by atoms with Gasteiger partial charge in [0.15, 0.2) is 16.8 Å². The van der Waals surface area contributed by atoms with Crippen molar-refractivity contribution in [3.8, 4) is 5.75 Å². The van der Waals surface area contributed by atoms with Crippen molar-refractivity contribution in [3.05, 3.63) is 111 Å². The molecule has 8 heterocycles. The summed E-state index contributed by atoms with van der Waals surface area (Å²) in [7, 11) is 7.64. The first-order chi connectivity index (χ1) is 54.2. The Morgan fingerprint density at radius 3 is 2.20 bits per heavy atom. The minimum atomic E-state index is -2.61. The Morgan fingerprint density at radius 2 is 1.53 bits per heavy atom. The van der Waals surface area contributed by atoms with E-state index in [9.17, 15) is 68.7 Å². The zero-order valence-corrected chi connectivity index (χ0v) is 65.9. The molecule has 6 aromatic rings. The summed E-state index contributed by atoms with van der Waals surface area (Å²) in [6.45, 7) is 9.07. The third kappa shape index (κ3) is 16.7. The molecule has 1 aliphatic carbocycles. The number of carbonyl (C=O) groups is 10. The van der Waals surface area contributed by atoms with Gasteiger partial charge in [-0.3, -0.25) is 73.6 Å². The summed E-state index contributed by atoms with van der Waals surface area (Å²) in [4.78, 5) is 165. The normalized spacial score (nSPS) is 25.6. The zero-order chi connectivity index (χ0) is 82.5. The number of aliphatic hydroxyl groups excluding tert-OH is 1. The number of piperidine rings is 2. The number of aromatic nitrogens is 5. The van der Waals surface area contributed by atoms with Crippen LogP contribution in [0.5, 0.6) is 5.75 Å². The van der Waals surface area contributed by atoms with Crippen molar-refractivity contribution in [1.29, 1.82) is 0 Å². The third-order valence-electron chi connectivity index (χ3n) is 23.4. The Balaban J connectivity index is 0.000000356. The minimum absolute atomic E-state index is 0.0148. The number of anilines is 3. The van der Waals surface area contributed by atoms with Gasteiger partial charge in [0.2, 0.25) is 29.6 Å². The Labute approximate surface area is 662 Å². The van der Waals surface area contributed by atoms with Crippen LogP contribution in [0.3, 0.4) is 0 Å². The number of fused-ring (bicyclic) bond motifs is 7. The molecule has 38 heteroatoms. The summed E-state index contributed by atoms with van der Waals surface area (Å²) in [5, 5.41) is 81.0. The number of rotatable bonds is 29. The number of likely N-dealkylation sites (N-methyl/N-ethyl adjacent to an activating group) is 2. The van der Waals surface area contributed by atoms with E-state index in [4.69, 9.17) is 26.0 Å². The fraction of sp³-hybridized carbons (Fsp3) is 0.526. The predicted octanol–water partition coefficient (Wildman–Crippen LogP) is 0.883. The largest absolute Gasteiger partial charge is 0.496 e. The second-order valence-corrected chi connectivity index (χ2v) is 32.8. The fourth-order valence-corrected chi connectivity index (χ4v) is 20.3. The summed E-state index contributed by atoms with van der Waals surface area (Å²) in [6, 6.07) is 12.2. The number of methoxy groups -OCH3 is 2. The smallest absolute Gasteiger partial charge is 0.327 e. The first-order valence-corrected chi connectivity index (χ1v) is 40.2. The number of ether oxygens (including phenoxy) is 2. The van der Waals surface area contributed by atoms with Gasteiger partial charge in [-0.15, -0.1) is 0 Å². The van der Waals surface area contributed by atoms with Crippen LogP contribution in [-0.4, -0.2) is 251 Å². The van der Waals surface area contributed by atoms with Gasteiger partial charge in [-0.25, -0.2) is 14.8 Å². The van der Waals surface area contributed by atoms with Crippen LogP contribution in [0, 0.1) is 11.3 Å². The molecular weight excluding hydrogens is 1520 g/mol. The van der Waals surface area contributed by atoms with Crippen molar-refractivity contribution < 1.29 is 88.1 Å². The average molecular weight is 1620 g/mol. The van der Waals surface area contributed by atoms with E-state index in [0.29, 0.717) is 125 Å². The topological polar surface area (TPSA) is 544 Å². The maximum atomic E-state index is 15.5. The van der Waals surface area contributed by atoms with Gasteiger partial charge in [0.25, 0.3) is 17.4 Å². The molecule has 1 unspecified atom stereocenters. The Hall–Kier alpha value is -10.2. The SMILES string of the molecule is CC[C@]1(O)C[C@H]2CN(CCc3c([nH]c4ccccc34)[C@@](C(=O)OC)(c3cc4c(cc3OC)N(C)[C@H]3[C@@](O)(C(=O)NNC(=O)CSSC[C@H](NC(=O)[C@H](CC(=O)O)NC(=O)[C@H](CC(=O)O)NC)C(=O)O)[C@H](O)[C@]5(CC)CCCN6CC[C@]43[C@@H]65)C2)C1.C[C@H](CCC(N)=O)NC(=O)c1ccc(NCc2cnc3nc(N)[nH]c(=O)c3n2)cc1. The van der Waals surface area contributed by atoms with Gasteiger partial charge < -0.3 is 88.0 Å². The molecule has 614 valence electrons. The molecule has 114 heavy (non-hydrogen) atoms.